The first-order valence-electron chi connectivity index (χ1n) is 5.51. The molecule has 0 unspecified atom stereocenters. The summed E-state index contributed by atoms with van der Waals surface area (Å²) in [5, 5.41) is 11.6. The van der Waals surface area contributed by atoms with Crippen LogP contribution in [0.2, 0.25) is 0 Å². The lowest BCUT2D eigenvalue weighted by Crippen LogP contribution is -2.21. The molecule has 0 saturated carbocycles. The largest absolute Gasteiger partial charge is 0.351 e. The number of carbonyl (C=O) groups is 1. The summed E-state index contributed by atoms with van der Waals surface area (Å²) in [7, 11) is 0. The number of nitriles is 1. The van der Waals surface area contributed by atoms with Crippen LogP contribution in [0.25, 0.3) is 0 Å². The Kier molecular flexibility index (Phi) is 5.58. The van der Waals surface area contributed by atoms with E-state index in [9.17, 15) is 4.79 Å². The van der Waals surface area contributed by atoms with Gasteiger partial charge in [-0.05, 0) is 17.7 Å². The second-order valence-corrected chi connectivity index (χ2v) is 5.57. The number of amides is 1. The molecule has 1 aromatic carbocycles. The van der Waals surface area contributed by atoms with Crippen molar-refractivity contribution in [3.05, 3.63) is 29.8 Å². The van der Waals surface area contributed by atoms with Gasteiger partial charge in [-0.2, -0.15) is 5.26 Å². The highest BCUT2D eigenvalue weighted by Gasteiger charge is 2.01. The zero-order valence-corrected chi connectivity index (χ0v) is 10.9. The van der Waals surface area contributed by atoms with E-state index in [0.717, 1.165) is 5.56 Å². The Bertz CT molecular complexity index is 406. The number of benzene rings is 1. The van der Waals surface area contributed by atoms with Crippen molar-refractivity contribution >= 4 is 17.7 Å². The number of hydrogen-bond acceptors (Lipinski definition) is 3. The van der Waals surface area contributed by atoms with Crippen molar-refractivity contribution in [2.45, 2.75) is 37.0 Å². The van der Waals surface area contributed by atoms with E-state index in [2.05, 4.69) is 31.3 Å². The minimum Gasteiger partial charge on any atom is -0.351 e. The van der Waals surface area contributed by atoms with Crippen LogP contribution in [0, 0.1) is 11.3 Å². The van der Waals surface area contributed by atoms with Gasteiger partial charge in [-0.1, -0.05) is 26.0 Å². The summed E-state index contributed by atoms with van der Waals surface area (Å²) in [5.41, 5.74) is 1.05. The molecule has 1 aromatic rings. The molecule has 1 N–H and O–H groups in total. The SMILES string of the molecule is CC(C)Sc1ccc(CNC(=O)CC#N)cc1. The summed E-state index contributed by atoms with van der Waals surface area (Å²) in [4.78, 5) is 12.3. The Morgan fingerprint density at radius 3 is 2.59 bits per heavy atom. The molecule has 1 amide bonds. The lowest BCUT2D eigenvalue weighted by Gasteiger charge is -2.06. The monoisotopic (exact) mass is 248 g/mol. The van der Waals surface area contributed by atoms with Crippen molar-refractivity contribution < 1.29 is 4.79 Å². The molecule has 17 heavy (non-hydrogen) atoms. The molecule has 0 spiro atoms. The van der Waals surface area contributed by atoms with Gasteiger partial charge >= 0.3 is 0 Å². The molecule has 0 fully saturated rings. The lowest BCUT2D eigenvalue weighted by atomic mass is 10.2. The average molecular weight is 248 g/mol. The standard InChI is InChI=1S/C13H16N2OS/c1-10(2)17-12-5-3-11(4-6-12)9-15-13(16)7-8-14/h3-6,10H,7,9H2,1-2H3,(H,15,16). The quantitative estimate of drug-likeness (QED) is 0.815. The number of nitrogens with one attached hydrogen (secondary N) is 1. The average Bonchev–Trinajstić information content (AvgIpc) is 2.28. The van der Waals surface area contributed by atoms with Crippen LogP contribution in [0.5, 0.6) is 0 Å². The van der Waals surface area contributed by atoms with Gasteiger partial charge in [-0.3, -0.25) is 4.79 Å². The van der Waals surface area contributed by atoms with Crippen LogP contribution in [-0.2, 0) is 11.3 Å². The molecular formula is C13H16N2OS. The predicted molar refractivity (Wildman–Crippen MR) is 69.5 cm³/mol. The van der Waals surface area contributed by atoms with Crippen LogP contribution in [0.4, 0.5) is 0 Å². The highest BCUT2D eigenvalue weighted by molar-refractivity contribution is 7.99. The molecular weight excluding hydrogens is 232 g/mol. The smallest absolute Gasteiger partial charge is 0.234 e. The van der Waals surface area contributed by atoms with E-state index in [1.165, 1.54) is 4.90 Å². The summed E-state index contributed by atoms with van der Waals surface area (Å²) < 4.78 is 0. The van der Waals surface area contributed by atoms with Gasteiger partial charge in [-0.15, -0.1) is 11.8 Å². The molecule has 0 aliphatic heterocycles. The first-order valence-corrected chi connectivity index (χ1v) is 6.39. The Morgan fingerprint density at radius 2 is 2.06 bits per heavy atom. The van der Waals surface area contributed by atoms with Gasteiger partial charge in [0.1, 0.15) is 6.42 Å². The van der Waals surface area contributed by atoms with Gasteiger partial charge < -0.3 is 5.32 Å². The van der Waals surface area contributed by atoms with E-state index >= 15 is 0 Å². The Balaban J connectivity index is 2.46. The molecule has 0 bridgehead atoms. The van der Waals surface area contributed by atoms with Crippen molar-refractivity contribution in [2.24, 2.45) is 0 Å². The number of thioether (sulfide) groups is 1. The van der Waals surface area contributed by atoms with Crippen molar-refractivity contribution in [3.63, 3.8) is 0 Å². The fraction of sp³-hybridized carbons (Fsp3) is 0.385. The molecule has 0 heterocycles. The molecule has 1 rings (SSSR count). The first kappa shape index (κ1) is 13.6. The van der Waals surface area contributed by atoms with Crippen LogP contribution in [0.1, 0.15) is 25.8 Å². The molecule has 0 aliphatic carbocycles. The molecule has 0 aliphatic rings. The molecule has 0 radical (unpaired) electrons. The molecule has 0 aromatic heterocycles. The number of hydrogen-bond donors (Lipinski definition) is 1. The normalized spacial score (nSPS) is 10.0. The minimum atomic E-state index is -0.229. The third-order valence-corrected chi connectivity index (χ3v) is 3.04. The van der Waals surface area contributed by atoms with E-state index in [1.807, 2.05) is 30.0 Å². The molecule has 0 atom stereocenters. The van der Waals surface area contributed by atoms with Crippen molar-refractivity contribution in [2.75, 3.05) is 0 Å². The van der Waals surface area contributed by atoms with Crippen LogP contribution >= 0.6 is 11.8 Å². The lowest BCUT2D eigenvalue weighted by molar-refractivity contribution is -0.120. The maximum absolute atomic E-state index is 11.1. The zero-order valence-electron chi connectivity index (χ0n) is 10.1. The summed E-state index contributed by atoms with van der Waals surface area (Å²) >= 11 is 1.81. The Labute approximate surface area is 106 Å². The van der Waals surface area contributed by atoms with E-state index in [4.69, 9.17) is 5.26 Å². The van der Waals surface area contributed by atoms with E-state index < -0.39 is 0 Å². The Hall–Kier alpha value is -1.47. The summed E-state index contributed by atoms with van der Waals surface area (Å²) in [6.45, 7) is 4.79. The Morgan fingerprint density at radius 1 is 1.41 bits per heavy atom. The maximum atomic E-state index is 11.1. The van der Waals surface area contributed by atoms with Gasteiger partial charge in [-0.25, -0.2) is 0 Å². The third kappa shape index (κ3) is 5.41. The molecule has 90 valence electrons. The minimum absolute atomic E-state index is 0.0821. The highest BCUT2D eigenvalue weighted by Crippen LogP contribution is 2.22. The van der Waals surface area contributed by atoms with Crippen molar-refractivity contribution in [1.82, 2.24) is 5.32 Å². The predicted octanol–water partition coefficient (Wildman–Crippen LogP) is 2.72. The maximum Gasteiger partial charge on any atom is 0.234 e. The second kappa shape index (κ2) is 6.97. The molecule has 3 nitrogen and oxygen atoms in total. The number of carbonyl (C=O) groups excluding carboxylic acids is 1. The zero-order chi connectivity index (χ0) is 12.7. The fourth-order valence-corrected chi connectivity index (χ4v) is 2.13. The summed E-state index contributed by atoms with van der Waals surface area (Å²) in [6, 6.07) is 9.92. The summed E-state index contributed by atoms with van der Waals surface area (Å²) in [6.07, 6.45) is -0.0821. The molecule has 0 saturated heterocycles. The topological polar surface area (TPSA) is 52.9 Å². The van der Waals surface area contributed by atoms with Crippen molar-refractivity contribution in [1.29, 1.82) is 5.26 Å². The van der Waals surface area contributed by atoms with Crippen LogP contribution < -0.4 is 5.32 Å². The second-order valence-electron chi connectivity index (χ2n) is 3.92. The fourth-order valence-electron chi connectivity index (χ4n) is 1.29. The van der Waals surface area contributed by atoms with Gasteiger partial charge in [0.15, 0.2) is 0 Å². The number of nitrogens with zero attached hydrogens (tertiary/aromatic N) is 1. The van der Waals surface area contributed by atoms with Crippen LogP contribution in [-0.4, -0.2) is 11.2 Å². The first-order chi connectivity index (χ1) is 8.11. The van der Waals surface area contributed by atoms with Crippen LogP contribution in [0.3, 0.4) is 0 Å². The summed E-state index contributed by atoms with van der Waals surface area (Å²) in [5.74, 6) is -0.229. The van der Waals surface area contributed by atoms with Crippen LogP contribution in [0.15, 0.2) is 29.2 Å². The van der Waals surface area contributed by atoms with E-state index in [0.29, 0.717) is 11.8 Å². The van der Waals surface area contributed by atoms with Gasteiger partial charge in [0.05, 0.1) is 6.07 Å². The van der Waals surface area contributed by atoms with E-state index in [-0.39, 0.29) is 12.3 Å². The van der Waals surface area contributed by atoms with Crippen molar-refractivity contribution in [3.8, 4) is 6.07 Å². The van der Waals surface area contributed by atoms with Gasteiger partial charge in [0.25, 0.3) is 0 Å². The highest BCUT2D eigenvalue weighted by atomic mass is 32.2. The van der Waals surface area contributed by atoms with Gasteiger partial charge in [0.2, 0.25) is 5.91 Å². The van der Waals surface area contributed by atoms with E-state index in [1.54, 1.807) is 0 Å². The molecule has 4 heteroatoms. The number of rotatable bonds is 5. The third-order valence-electron chi connectivity index (χ3n) is 2.02. The van der Waals surface area contributed by atoms with Gasteiger partial charge in [0, 0.05) is 16.7 Å².